The molecule has 3 nitrogen and oxygen atoms in total. The number of carbonyl (C=O) groups is 1. The molecule has 17 heavy (non-hydrogen) atoms. The summed E-state index contributed by atoms with van der Waals surface area (Å²) in [5, 5.41) is 2.90. The van der Waals surface area contributed by atoms with Gasteiger partial charge >= 0.3 is 0 Å². The Kier molecular flexibility index (Phi) is 5.51. The fraction of sp³-hybridized carbons (Fsp3) is 0.462. The van der Waals surface area contributed by atoms with Crippen LogP contribution >= 0.6 is 12.6 Å². The third kappa shape index (κ3) is 4.40. The molecule has 0 bridgehead atoms. The lowest BCUT2D eigenvalue weighted by Gasteiger charge is -2.12. The van der Waals surface area contributed by atoms with Gasteiger partial charge in [-0.15, -0.1) is 12.6 Å². The monoisotopic (exact) mass is 253 g/mol. The van der Waals surface area contributed by atoms with Crippen molar-refractivity contribution in [2.45, 2.75) is 18.7 Å². The van der Waals surface area contributed by atoms with E-state index in [2.05, 4.69) is 17.9 Å². The molecule has 0 aliphatic heterocycles. The number of thiol groups is 1. The number of aryl methyl sites for hydroxylation is 1. The topological polar surface area (TPSA) is 38.3 Å². The van der Waals surface area contributed by atoms with Crippen molar-refractivity contribution in [2.24, 2.45) is 5.92 Å². The minimum atomic E-state index is -0.0543. The quantitative estimate of drug-likeness (QED) is 0.790. The first kappa shape index (κ1) is 14.1. The zero-order valence-corrected chi connectivity index (χ0v) is 11.4. The Balaban J connectivity index is 2.61. The van der Waals surface area contributed by atoms with Crippen molar-refractivity contribution in [3.8, 4) is 0 Å². The van der Waals surface area contributed by atoms with Crippen molar-refractivity contribution in [1.29, 1.82) is 0 Å². The van der Waals surface area contributed by atoms with Gasteiger partial charge in [-0.25, -0.2) is 0 Å². The van der Waals surface area contributed by atoms with E-state index in [1.165, 1.54) is 0 Å². The summed E-state index contributed by atoms with van der Waals surface area (Å²) in [7, 11) is 1.66. The molecule has 1 atom stereocenters. The first-order valence-electron chi connectivity index (χ1n) is 5.61. The molecule has 1 amide bonds. The molecule has 0 spiro atoms. The van der Waals surface area contributed by atoms with E-state index >= 15 is 0 Å². The lowest BCUT2D eigenvalue weighted by atomic mass is 10.1. The van der Waals surface area contributed by atoms with Crippen LogP contribution in [0.4, 0.5) is 0 Å². The Morgan fingerprint density at radius 2 is 2.24 bits per heavy atom. The maximum absolute atomic E-state index is 11.9. The predicted molar refractivity (Wildman–Crippen MR) is 71.8 cm³/mol. The Labute approximate surface area is 108 Å². The fourth-order valence-electron chi connectivity index (χ4n) is 1.56. The van der Waals surface area contributed by atoms with E-state index in [1.54, 1.807) is 13.2 Å². The van der Waals surface area contributed by atoms with Crippen LogP contribution in [0.2, 0.25) is 0 Å². The number of methoxy groups -OCH3 is 1. The highest BCUT2D eigenvalue weighted by Crippen LogP contribution is 2.13. The van der Waals surface area contributed by atoms with Crippen LogP contribution in [0.15, 0.2) is 23.1 Å². The van der Waals surface area contributed by atoms with Crippen molar-refractivity contribution in [3.05, 3.63) is 29.3 Å². The maximum Gasteiger partial charge on any atom is 0.251 e. The van der Waals surface area contributed by atoms with E-state index in [1.807, 2.05) is 26.0 Å². The van der Waals surface area contributed by atoms with Crippen LogP contribution in [0, 0.1) is 12.8 Å². The lowest BCUT2D eigenvalue weighted by Crippen LogP contribution is -2.30. The molecule has 0 aromatic heterocycles. The van der Waals surface area contributed by atoms with Gasteiger partial charge in [-0.2, -0.15) is 0 Å². The summed E-state index contributed by atoms with van der Waals surface area (Å²) in [6.07, 6.45) is 0. The smallest absolute Gasteiger partial charge is 0.251 e. The summed E-state index contributed by atoms with van der Waals surface area (Å²) in [6, 6.07) is 5.56. The Hall–Kier alpha value is -1.00. The van der Waals surface area contributed by atoms with E-state index in [9.17, 15) is 4.79 Å². The van der Waals surface area contributed by atoms with Crippen LogP contribution in [0.1, 0.15) is 22.8 Å². The molecular weight excluding hydrogens is 234 g/mol. The van der Waals surface area contributed by atoms with Gasteiger partial charge in [0.2, 0.25) is 0 Å². The van der Waals surface area contributed by atoms with Crippen LogP contribution in [0.5, 0.6) is 0 Å². The molecule has 0 heterocycles. The second-order valence-corrected chi connectivity index (χ2v) is 4.79. The number of hydrogen-bond acceptors (Lipinski definition) is 3. The van der Waals surface area contributed by atoms with Crippen molar-refractivity contribution in [2.75, 3.05) is 20.3 Å². The Morgan fingerprint density at radius 3 is 2.88 bits per heavy atom. The molecule has 0 saturated heterocycles. The van der Waals surface area contributed by atoms with Crippen LogP contribution in [-0.2, 0) is 4.74 Å². The fourth-order valence-corrected chi connectivity index (χ4v) is 1.76. The van der Waals surface area contributed by atoms with Gasteiger partial charge in [0.15, 0.2) is 0 Å². The summed E-state index contributed by atoms with van der Waals surface area (Å²) in [5.41, 5.74) is 1.64. The molecule has 1 aromatic rings. The average Bonchev–Trinajstić information content (AvgIpc) is 2.29. The van der Waals surface area contributed by atoms with Crippen molar-refractivity contribution < 1.29 is 9.53 Å². The summed E-state index contributed by atoms with van der Waals surface area (Å²) >= 11 is 4.24. The van der Waals surface area contributed by atoms with E-state index in [0.717, 1.165) is 10.5 Å². The largest absolute Gasteiger partial charge is 0.384 e. The standard InChI is InChI=1S/C13H19NO2S/c1-9(8-16-3)7-14-13(15)12-6-11(17)5-4-10(12)2/h4-6,9,17H,7-8H2,1-3H3,(H,14,15). The highest BCUT2D eigenvalue weighted by Gasteiger charge is 2.10. The van der Waals surface area contributed by atoms with Gasteiger partial charge < -0.3 is 10.1 Å². The molecule has 4 heteroatoms. The average molecular weight is 253 g/mol. The van der Waals surface area contributed by atoms with Crippen molar-refractivity contribution >= 4 is 18.5 Å². The molecule has 0 fully saturated rings. The summed E-state index contributed by atoms with van der Waals surface area (Å²) in [4.78, 5) is 12.7. The van der Waals surface area contributed by atoms with E-state index in [4.69, 9.17) is 4.74 Å². The third-order valence-electron chi connectivity index (χ3n) is 2.53. The number of benzene rings is 1. The van der Waals surface area contributed by atoms with Crippen LogP contribution < -0.4 is 5.32 Å². The second-order valence-electron chi connectivity index (χ2n) is 4.27. The number of amides is 1. The van der Waals surface area contributed by atoms with Crippen molar-refractivity contribution in [3.63, 3.8) is 0 Å². The molecule has 1 aromatic carbocycles. The SMILES string of the molecule is COCC(C)CNC(=O)c1cc(S)ccc1C. The van der Waals surface area contributed by atoms with Gasteiger partial charge in [-0.1, -0.05) is 13.0 Å². The zero-order chi connectivity index (χ0) is 12.8. The van der Waals surface area contributed by atoms with E-state index in [-0.39, 0.29) is 5.91 Å². The predicted octanol–water partition coefficient (Wildman–Crippen LogP) is 2.30. The highest BCUT2D eigenvalue weighted by molar-refractivity contribution is 7.80. The van der Waals surface area contributed by atoms with Crippen LogP contribution in [0.25, 0.3) is 0 Å². The summed E-state index contributed by atoms with van der Waals surface area (Å²) in [5.74, 6) is 0.254. The normalized spacial score (nSPS) is 12.2. The van der Waals surface area contributed by atoms with Crippen LogP contribution in [-0.4, -0.2) is 26.2 Å². The number of ether oxygens (including phenoxy) is 1. The van der Waals surface area contributed by atoms with Crippen LogP contribution in [0.3, 0.4) is 0 Å². The number of rotatable bonds is 5. The van der Waals surface area contributed by atoms with E-state index < -0.39 is 0 Å². The van der Waals surface area contributed by atoms with Gasteiger partial charge in [0, 0.05) is 24.1 Å². The number of nitrogens with one attached hydrogen (secondary N) is 1. The first-order valence-corrected chi connectivity index (χ1v) is 6.06. The molecule has 1 N–H and O–H groups in total. The molecule has 1 rings (SSSR count). The summed E-state index contributed by atoms with van der Waals surface area (Å²) in [6.45, 7) is 5.21. The molecule has 1 unspecified atom stereocenters. The Morgan fingerprint density at radius 1 is 1.53 bits per heavy atom. The van der Waals surface area contributed by atoms with Gasteiger partial charge in [0.1, 0.15) is 0 Å². The lowest BCUT2D eigenvalue weighted by molar-refractivity contribution is 0.0933. The first-order chi connectivity index (χ1) is 8.04. The zero-order valence-electron chi connectivity index (χ0n) is 10.5. The number of carbonyl (C=O) groups excluding carboxylic acids is 1. The van der Waals surface area contributed by atoms with Gasteiger partial charge in [-0.05, 0) is 30.5 Å². The van der Waals surface area contributed by atoms with E-state index in [0.29, 0.717) is 24.6 Å². The molecule has 94 valence electrons. The summed E-state index contributed by atoms with van der Waals surface area (Å²) < 4.78 is 5.02. The van der Waals surface area contributed by atoms with Gasteiger partial charge in [-0.3, -0.25) is 4.79 Å². The minimum Gasteiger partial charge on any atom is -0.384 e. The van der Waals surface area contributed by atoms with Gasteiger partial charge in [0.25, 0.3) is 5.91 Å². The van der Waals surface area contributed by atoms with Crippen molar-refractivity contribution in [1.82, 2.24) is 5.32 Å². The molecular formula is C13H19NO2S. The third-order valence-corrected chi connectivity index (χ3v) is 2.81. The second kappa shape index (κ2) is 6.67. The number of hydrogen-bond donors (Lipinski definition) is 2. The molecule has 0 aliphatic rings. The maximum atomic E-state index is 11.9. The molecule has 0 aliphatic carbocycles. The highest BCUT2D eigenvalue weighted by atomic mass is 32.1. The minimum absolute atomic E-state index is 0.0543. The molecule has 0 saturated carbocycles. The molecule has 0 radical (unpaired) electrons. The Bertz CT molecular complexity index is 393. The van der Waals surface area contributed by atoms with Gasteiger partial charge in [0.05, 0.1) is 6.61 Å².